The van der Waals surface area contributed by atoms with Crippen LogP contribution in [0.25, 0.3) is 5.69 Å². The van der Waals surface area contributed by atoms with Gasteiger partial charge in [0.05, 0.1) is 24.9 Å². The van der Waals surface area contributed by atoms with Crippen molar-refractivity contribution in [3.63, 3.8) is 0 Å². The van der Waals surface area contributed by atoms with Gasteiger partial charge in [0.1, 0.15) is 29.2 Å². The van der Waals surface area contributed by atoms with E-state index < -0.39 is 29.6 Å². The zero-order chi connectivity index (χ0) is 23.6. The number of likely N-dealkylation sites (tertiary alicyclic amines) is 1. The first-order chi connectivity index (χ1) is 15.1. The number of nitriles is 1. The maximum atomic E-state index is 14.9. The molecule has 0 aliphatic carbocycles. The van der Waals surface area contributed by atoms with Crippen molar-refractivity contribution in [2.75, 3.05) is 25.9 Å². The average molecular weight is 444 g/mol. The average Bonchev–Trinajstić information content (AvgIpc) is 3.31. The molecule has 1 atom stereocenters. The molecule has 9 nitrogen and oxygen atoms in total. The molecule has 1 aliphatic rings. The van der Waals surface area contributed by atoms with Gasteiger partial charge in [0.2, 0.25) is 0 Å². The third-order valence-electron chi connectivity index (χ3n) is 4.82. The lowest BCUT2D eigenvalue weighted by atomic mass is 10.2. The fourth-order valence-corrected chi connectivity index (χ4v) is 3.41. The SMILES string of the molecule is COC(=O)c1c(N)c(C#N)cn1-c1c(F)cccc1OC1CCN(C(=O)OC(C)(C)C)C1. The summed E-state index contributed by atoms with van der Waals surface area (Å²) in [5.41, 5.74) is 4.92. The fourth-order valence-electron chi connectivity index (χ4n) is 3.41. The van der Waals surface area contributed by atoms with Gasteiger partial charge in [-0.2, -0.15) is 5.26 Å². The van der Waals surface area contributed by atoms with E-state index in [1.54, 1.807) is 20.8 Å². The number of halogens is 1. The number of carbonyl (C=O) groups is 2. The van der Waals surface area contributed by atoms with E-state index in [2.05, 4.69) is 0 Å². The zero-order valence-electron chi connectivity index (χ0n) is 18.3. The van der Waals surface area contributed by atoms with Crippen molar-refractivity contribution in [3.8, 4) is 17.5 Å². The van der Waals surface area contributed by atoms with Crippen LogP contribution in [0.15, 0.2) is 24.4 Å². The number of hydrogen-bond acceptors (Lipinski definition) is 7. The number of ether oxygens (including phenoxy) is 3. The Kier molecular flexibility index (Phi) is 6.30. The van der Waals surface area contributed by atoms with E-state index in [4.69, 9.17) is 19.9 Å². The van der Waals surface area contributed by atoms with Crippen molar-refractivity contribution < 1.29 is 28.2 Å². The minimum Gasteiger partial charge on any atom is -0.486 e. The molecule has 1 aromatic carbocycles. The molecule has 1 aromatic heterocycles. The molecule has 32 heavy (non-hydrogen) atoms. The van der Waals surface area contributed by atoms with Crippen LogP contribution in [0.2, 0.25) is 0 Å². The molecule has 0 spiro atoms. The Labute approximate surface area is 185 Å². The molecule has 2 heterocycles. The summed E-state index contributed by atoms with van der Waals surface area (Å²) in [6.45, 7) is 6.03. The van der Waals surface area contributed by atoms with Gasteiger partial charge in [-0.3, -0.25) is 0 Å². The number of esters is 1. The minimum atomic E-state index is -0.824. The third kappa shape index (κ3) is 4.61. The molecule has 3 rings (SSSR count). The minimum absolute atomic E-state index is 0.00318. The van der Waals surface area contributed by atoms with Crippen LogP contribution in [0.1, 0.15) is 43.2 Å². The Morgan fingerprint density at radius 3 is 2.66 bits per heavy atom. The number of para-hydroxylation sites is 1. The molecule has 1 saturated heterocycles. The second-order valence-electron chi connectivity index (χ2n) is 8.32. The number of anilines is 1. The highest BCUT2D eigenvalue weighted by molar-refractivity contribution is 5.96. The summed E-state index contributed by atoms with van der Waals surface area (Å²) in [4.78, 5) is 26.1. The van der Waals surface area contributed by atoms with Crippen LogP contribution in [0.4, 0.5) is 14.9 Å². The van der Waals surface area contributed by atoms with E-state index in [0.29, 0.717) is 13.0 Å². The first-order valence-electron chi connectivity index (χ1n) is 9.98. The number of carbonyl (C=O) groups excluding carboxylic acids is 2. The van der Waals surface area contributed by atoms with Crippen LogP contribution in [-0.4, -0.2) is 53.4 Å². The van der Waals surface area contributed by atoms with Crippen LogP contribution in [0.3, 0.4) is 0 Å². The number of nitrogens with zero attached hydrogens (tertiary/aromatic N) is 3. The molecule has 0 radical (unpaired) electrons. The number of amides is 1. The molecule has 0 bridgehead atoms. The van der Waals surface area contributed by atoms with Gasteiger partial charge in [-0.25, -0.2) is 14.0 Å². The van der Waals surface area contributed by atoms with Crippen LogP contribution in [-0.2, 0) is 9.47 Å². The van der Waals surface area contributed by atoms with E-state index in [1.165, 1.54) is 29.3 Å². The molecule has 2 N–H and O–H groups in total. The van der Waals surface area contributed by atoms with E-state index in [1.807, 2.05) is 6.07 Å². The Hall–Kier alpha value is -3.74. The zero-order valence-corrected chi connectivity index (χ0v) is 18.3. The first kappa shape index (κ1) is 22.9. The Balaban J connectivity index is 1.92. The van der Waals surface area contributed by atoms with E-state index in [-0.39, 0.29) is 34.9 Å². The van der Waals surface area contributed by atoms with Crippen LogP contribution in [0.5, 0.6) is 5.75 Å². The standard InChI is InChI=1S/C22H25FN4O5/c1-22(2,3)32-21(29)26-9-8-14(12-26)31-16-7-5-6-15(23)18(16)27-11-13(10-24)17(25)19(27)20(28)30-4/h5-7,11,14H,8-9,12,25H2,1-4H3. The predicted octanol–water partition coefficient (Wildman–Crippen LogP) is 3.25. The number of hydrogen-bond donors (Lipinski definition) is 1. The smallest absolute Gasteiger partial charge is 0.410 e. The van der Waals surface area contributed by atoms with Gasteiger partial charge >= 0.3 is 12.1 Å². The molecule has 1 amide bonds. The lowest BCUT2D eigenvalue weighted by Crippen LogP contribution is -2.36. The highest BCUT2D eigenvalue weighted by Gasteiger charge is 2.32. The van der Waals surface area contributed by atoms with E-state index in [9.17, 15) is 19.2 Å². The second kappa shape index (κ2) is 8.78. The van der Waals surface area contributed by atoms with Gasteiger partial charge in [0.15, 0.2) is 11.5 Å². The second-order valence-corrected chi connectivity index (χ2v) is 8.32. The number of nitrogen functional groups attached to an aromatic ring is 1. The van der Waals surface area contributed by atoms with Crippen LogP contribution < -0.4 is 10.5 Å². The fraction of sp³-hybridized carbons (Fsp3) is 0.409. The maximum Gasteiger partial charge on any atom is 0.410 e. The van der Waals surface area contributed by atoms with Crippen molar-refractivity contribution in [3.05, 3.63) is 41.5 Å². The summed E-state index contributed by atoms with van der Waals surface area (Å²) in [6, 6.07) is 6.08. The first-order valence-corrected chi connectivity index (χ1v) is 9.98. The summed E-state index contributed by atoms with van der Waals surface area (Å²) < 4.78 is 32.3. The highest BCUT2D eigenvalue weighted by atomic mass is 19.1. The van der Waals surface area contributed by atoms with Gasteiger partial charge in [-0.05, 0) is 32.9 Å². The lowest BCUT2D eigenvalue weighted by Gasteiger charge is -2.24. The molecule has 170 valence electrons. The van der Waals surface area contributed by atoms with Crippen molar-refractivity contribution >= 4 is 17.7 Å². The molecule has 10 heteroatoms. The summed E-state index contributed by atoms with van der Waals surface area (Å²) in [5.74, 6) is -1.38. The Morgan fingerprint density at radius 1 is 1.31 bits per heavy atom. The molecule has 2 aromatic rings. The number of rotatable bonds is 4. The molecular formula is C22H25FN4O5. The lowest BCUT2D eigenvalue weighted by molar-refractivity contribution is 0.0275. The van der Waals surface area contributed by atoms with Gasteiger partial charge in [0.25, 0.3) is 0 Å². The summed E-state index contributed by atoms with van der Waals surface area (Å²) in [6.07, 6.45) is 0.894. The van der Waals surface area contributed by atoms with E-state index >= 15 is 0 Å². The summed E-state index contributed by atoms with van der Waals surface area (Å²) in [7, 11) is 1.16. The third-order valence-corrected chi connectivity index (χ3v) is 4.82. The van der Waals surface area contributed by atoms with Crippen molar-refractivity contribution in [1.82, 2.24) is 9.47 Å². The Morgan fingerprint density at radius 2 is 2.03 bits per heavy atom. The monoisotopic (exact) mass is 444 g/mol. The number of benzene rings is 1. The molecular weight excluding hydrogens is 419 g/mol. The van der Waals surface area contributed by atoms with Gasteiger partial charge in [-0.15, -0.1) is 0 Å². The van der Waals surface area contributed by atoms with Crippen LogP contribution in [0, 0.1) is 17.1 Å². The van der Waals surface area contributed by atoms with Crippen molar-refractivity contribution in [2.24, 2.45) is 0 Å². The molecule has 1 aliphatic heterocycles. The normalized spacial score (nSPS) is 15.9. The molecule has 1 unspecified atom stereocenters. The Bertz CT molecular complexity index is 1080. The molecule has 1 fully saturated rings. The summed E-state index contributed by atoms with van der Waals surface area (Å²) >= 11 is 0. The van der Waals surface area contributed by atoms with Crippen molar-refractivity contribution in [1.29, 1.82) is 5.26 Å². The number of aromatic nitrogens is 1. The predicted molar refractivity (Wildman–Crippen MR) is 113 cm³/mol. The molecule has 0 saturated carbocycles. The summed E-state index contributed by atoms with van der Waals surface area (Å²) in [5, 5.41) is 9.32. The topological polar surface area (TPSA) is 120 Å². The number of methoxy groups -OCH3 is 1. The van der Waals surface area contributed by atoms with Gasteiger partial charge < -0.3 is 29.4 Å². The van der Waals surface area contributed by atoms with Crippen LogP contribution >= 0.6 is 0 Å². The maximum absolute atomic E-state index is 14.9. The van der Waals surface area contributed by atoms with Gasteiger partial charge in [-0.1, -0.05) is 6.07 Å². The van der Waals surface area contributed by atoms with E-state index in [0.717, 1.165) is 11.7 Å². The van der Waals surface area contributed by atoms with Gasteiger partial charge in [0, 0.05) is 19.2 Å². The quantitative estimate of drug-likeness (QED) is 0.719. The largest absolute Gasteiger partial charge is 0.486 e. The van der Waals surface area contributed by atoms with Crippen molar-refractivity contribution in [2.45, 2.75) is 38.9 Å². The highest BCUT2D eigenvalue weighted by Crippen LogP contribution is 2.33. The number of nitrogens with two attached hydrogens (primary N) is 1.